The van der Waals surface area contributed by atoms with Crippen LogP contribution in [0.25, 0.3) is 22.3 Å². The molecule has 4 heteroatoms. The number of benzene rings is 2. The van der Waals surface area contributed by atoms with Gasteiger partial charge in [0.15, 0.2) is 0 Å². The Balaban J connectivity index is 1.54. The molecule has 0 spiro atoms. The summed E-state index contributed by atoms with van der Waals surface area (Å²) in [6, 6.07) is 22.0. The van der Waals surface area contributed by atoms with Crippen LogP contribution in [-0.2, 0) is 5.41 Å². The summed E-state index contributed by atoms with van der Waals surface area (Å²) in [5.41, 5.74) is 15.8. The fourth-order valence-electron chi connectivity index (χ4n) is 6.66. The third-order valence-electron chi connectivity index (χ3n) is 9.37. The van der Waals surface area contributed by atoms with Crippen LogP contribution in [0.2, 0.25) is 0 Å². The molecule has 220 valence electrons. The molecule has 1 aliphatic rings. The van der Waals surface area contributed by atoms with Crippen molar-refractivity contribution in [3.63, 3.8) is 0 Å². The lowest BCUT2D eigenvalue weighted by Crippen LogP contribution is -2.33. The van der Waals surface area contributed by atoms with Crippen LogP contribution >= 0.6 is 0 Å². The molecule has 3 heterocycles. The first-order valence-electron chi connectivity index (χ1n) is 15.3. The molecule has 0 fully saturated rings. The van der Waals surface area contributed by atoms with Gasteiger partial charge in [0.05, 0.1) is 0 Å². The normalized spacial score (nSPS) is 18.0. The maximum Gasteiger partial charge on any atom is 0.0493 e. The number of aryl methyl sites for hydroxylation is 4. The number of allylic oxidation sites excluding steroid dienone is 3. The molecule has 6 rings (SSSR count). The predicted octanol–water partition coefficient (Wildman–Crippen LogP) is 10.0. The zero-order chi connectivity index (χ0) is 31.0. The number of rotatable bonds is 6. The third-order valence-corrected chi connectivity index (χ3v) is 9.37. The van der Waals surface area contributed by atoms with Crippen molar-refractivity contribution in [1.29, 1.82) is 0 Å². The maximum absolute atomic E-state index is 4.28. The first-order valence-corrected chi connectivity index (χ1v) is 15.3. The van der Waals surface area contributed by atoms with Crippen molar-refractivity contribution in [2.24, 2.45) is 5.92 Å². The standard InChI is InChI=1S/C40H40N4/c1-26-22-37(28(3)20-35(26)32-8-14-41-15-9-32)44(38-23-27(2)36(21-29(38)4)33-10-16-42-17-11-33)39-24-31(6)40(7,25-30(39)5)34-12-18-43-19-13-34/h8-25,31H,1-7H3. The molecule has 1 aliphatic carbocycles. The van der Waals surface area contributed by atoms with Gasteiger partial charge >= 0.3 is 0 Å². The Morgan fingerprint density at radius 2 is 1.02 bits per heavy atom. The molecule has 0 saturated carbocycles. The molecule has 0 N–H and O–H groups in total. The summed E-state index contributed by atoms with van der Waals surface area (Å²) in [4.78, 5) is 15.2. The van der Waals surface area contributed by atoms with Gasteiger partial charge in [-0.15, -0.1) is 0 Å². The number of hydrogen-bond donors (Lipinski definition) is 0. The molecule has 0 amide bonds. The van der Waals surface area contributed by atoms with E-state index in [1.165, 1.54) is 72.7 Å². The van der Waals surface area contributed by atoms with Gasteiger partial charge in [0.1, 0.15) is 0 Å². The fraction of sp³-hybridized carbons (Fsp3) is 0.225. The lowest BCUT2D eigenvalue weighted by Gasteiger charge is -2.40. The lowest BCUT2D eigenvalue weighted by molar-refractivity contribution is 0.450. The molecule has 5 aromatic rings. The van der Waals surface area contributed by atoms with E-state index in [1.54, 1.807) is 0 Å². The average molecular weight is 577 g/mol. The minimum absolute atomic E-state index is 0.130. The van der Waals surface area contributed by atoms with Crippen LogP contribution in [0.5, 0.6) is 0 Å². The van der Waals surface area contributed by atoms with E-state index in [-0.39, 0.29) is 11.3 Å². The molecular weight excluding hydrogens is 536 g/mol. The zero-order valence-electron chi connectivity index (χ0n) is 26.8. The first-order chi connectivity index (χ1) is 21.2. The van der Waals surface area contributed by atoms with E-state index >= 15 is 0 Å². The molecule has 0 radical (unpaired) electrons. The topological polar surface area (TPSA) is 41.9 Å². The molecule has 2 unspecified atom stereocenters. The summed E-state index contributed by atoms with van der Waals surface area (Å²) in [6.45, 7) is 15.8. The Morgan fingerprint density at radius 3 is 1.48 bits per heavy atom. The molecule has 2 atom stereocenters. The maximum atomic E-state index is 4.28. The highest BCUT2D eigenvalue weighted by molar-refractivity contribution is 5.83. The van der Waals surface area contributed by atoms with Crippen molar-refractivity contribution in [2.75, 3.05) is 4.90 Å². The molecule has 3 aromatic heterocycles. The molecule has 0 aliphatic heterocycles. The van der Waals surface area contributed by atoms with E-state index in [0.717, 1.165) is 0 Å². The number of pyridine rings is 3. The SMILES string of the molecule is CC1=CC(C)(c2ccncc2)C(C)C=C1N(c1cc(C)c(-c2ccncc2)cc1C)c1cc(C)c(-c2ccncc2)cc1C. The highest BCUT2D eigenvalue weighted by Crippen LogP contribution is 2.46. The van der Waals surface area contributed by atoms with Crippen molar-refractivity contribution in [3.05, 3.63) is 149 Å². The minimum atomic E-state index is -0.130. The summed E-state index contributed by atoms with van der Waals surface area (Å²) in [5, 5.41) is 0. The van der Waals surface area contributed by atoms with Gasteiger partial charge < -0.3 is 4.90 Å². The van der Waals surface area contributed by atoms with E-state index in [0.29, 0.717) is 0 Å². The van der Waals surface area contributed by atoms with Gasteiger partial charge in [0.2, 0.25) is 0 Å². The van der Waals surface area contributed by atoms with Gasteiger partial charge in [-0.3, -0.25) is 15.0 Å². The van der Waals surface area contributed by atoms with Crippen LogP contribution in [0.3, 0.4) is 0 Å². The second-order valence-corrected chi connectivity index (χ2v) is 12.4. The van der Waals surface area contributed by atoms with Crippen molar-refractivity contribution in [3.8, 4) is 22.3 Å². The number of aromatic nitrogens is 3. The second kappa shape index (κ2) is 11.7. The lowest BCUT2D eigenvalue weighted by atomic mass is 9.68. The van der Waals surface area contributed by atoms with E-state index < -0.39 is 0 Å². The van der Waals surface area contributed by atoms with Gasteiger partial charge in [-0.05, 0) is 157 Å². The summed E-state index contributed by atoms with van der Waals surface area (Å²) >= 11 is 0. The van der Waals surface area contributed by atoms with Crippen molar-refractivity contribution >= 4 is 11.4 Å². The Morgan fingerprint density at radius 1 is 0.591 bits per heavy atom. The molecule has 4 nitrogen and oxygen atoms in total. The largest absolute Gasteiger partial charge is 0.310 e. The minimum Gasteiger partial charge on any atom is -0.310 e. The Labute approximate surface area is 261 Å². The fourth-order valence-corrected chi connectivity index (χ4v) is 6.66. The molecule has 44 heavy (non-hydrogen) atoms. The number of anilines is 2. The highest BCUT2D eigenvalue weighted by atomic mass is 15.2. The Bertz CT molecular complexity index is 1780. The summed E-state index contributed by atoms with van der Waals surface area (Å²) in [6.07, 6.45) is 16.2. The number of nitrogens with zero attached hydrogens (tertiary/aromatic N) is 4. The van der Waals surface area contributed by atoms with Gasteiger partial charge in [-0.25, -0.2) is 0 Å². The van der Waals surface area contributed by atoms with Crippen LogP contribution in [0.4, 0.5) is 11.4 Å². The summed E-state index contributed by atoms with van der Waals surface area (Å²) in [7, 11) is 0. The third kappa shape index (κ3) is 5.26. The second-order valence-electron chi connectivity index (χ2n) is 12.4. The van der Waals surface area contributed by atoms with Gasteiger partial charge in [0.25, 0.3) is 0 Å². The molecular formula is C40H40N4. The quantitative estimate of drug-likeness (QED) is 0.202. The van der Waals surface area contributed by atoms with E-state index in [4.69, 9.17) is 0 Å². The molecule has 0 bridgehead atoms. The molecule has 0 saturated heterocycles. The summed E-state index contributed by atoms with van der Waals surface area (Å²) in [5.74, 6) is 0.265. The average Bonchev–Trinajstić information content (AvgIpc) is 3.04. The highest BCUT2D eigenvalue weighted by Gasteiger charge is 2.35. The molecule has 2 aromatic carbocycles. The van der Waals surface area contributed by atoms with Crippen molar-refractivity contribution in [1.82, 2.24) is 15.0 Å². The monoisotopic (exact) mass is 576 g/mol. The van der Waals surface area contributed by atoms with E-state index in [9.17, 15) is 0 Å². The van der Waals surface area contributed by atoms with Crippen LogP contribution in [0, 0.1) is 33.6 Å². The van der Waals surface area contributed by atoms with Gasteiger partial charge in [-0.2, -0.15) is 0 Å². The zero-order valence-corrected chi connectivity index (χ0v) is 26.8. The predicted molar refractivity (Wildman–Crippen MR) is 183 cm³/mol. The first kappa shape index (κ1) is 29.3. The van der Waals surface area contributed by atoms with Gasteiger partial charge in [0, 0.05) is 59.7 Å². The number of hydrogen-bond acceptors (Lipinski definition) is 4. The Hall–Kier alpha value is -4.83. The smallest absolute Gasteiger partial charge is 0.0493 e. The van der Waals surface area contributed by atoms with Crippen molar-refractivity contribution in [2.45, 2.75) is 53.9 Å². The van der Waals surface area contributed by atoms with Crippen molar-refractivity contribution < 1.29 is 0 Å². The van der Waals surface area contributed by atoms with Crippen LogP contribution in [0.1, 0.15) is 48.6 Å². The van der Waals surface area contributed by atoms with Crippen LogP contribution in [-0.4, -0.2) is 15.0 Å². The van der Waals surface area contributed by atoms with Crippen LogP contribution in [0.15, 0.2) is 121 Å². The Kier molecular flexibility index (Phi) is 7.77. The van der Waals surface area contributed by atoms with E-state index in [2.05, 4.69) is 141 Å². The van der Waals surface area contributed by atoms with Gasteiger partial charge in [-0.1, -0.05) is 26.0 Å². The van der Waals surface area contributed by atoms with Crippen LogP contribution < -0.4 is 4.90 Å². The summed E-state index contributed by atoms with van der Waals surface area (Å²) < 4.78 is 0. The van der Waals surface area contributed by atoms with E-state index in [1.807, 2.05) is 37.2 Å².